The quantitative estimate of drug-likeness (QED) is 0.129. The molecule has 0 radical (unpaired) electrons. The summed E-state index contributed by atoms with van der Waals surface area (Å²) in [5.74, 6) is -2.74. The van der Waals surface area contributed by atoms with Crippen molar-refractivity contribution in [2.24, 2.45) is 21.6 Å². The minimum absolute atomic E-state index is 0.0388. The van der Waals surface area contributed by atoms with Crippen molar-refractivity contribution in [1.82, 2.24) is 10.6 Å². The van der Waals surface area contributed by atoms with Crippen molar-refractivity contribution in [3.63, 3.8) is 0 Å². The van der Waals surface area contributed by atoms with E-state index < -0.39 is 48.2 Å². The summed E-state index contributed by atoms with van der Waals surface area (Å²) in [5, 5.41) is 61.8. The van der Waals surface area contributed by atoms with E-state index in [9.17, 15) is 35.1 Å². The van der Waals surface area contributed by atoms with Crippen molar-refractivity contribution in [3.05, 3.63) is 87.4 Å². The van der Waals surface area contributed by atoms with Crippen LogP contribution in [0.1, 0.15) is 80.5 Å². The summed E-state index contributed by atoms with van der Waals surface area (Å²) in [5.41, 5.74) is 9.93. The van der Waals surface area contributed by atoms with E-state index in [1.54, 1.807) is 24.3 Å². The summed E-state index contributed by atoms with van der Waals surface area (Å²) in [6.45, 7) is 6.60. The Hall–Kier alpha value is -4.34. The van der Waals surface area contributed by atoms with Crippen molar-refractivity contribution >= 4 is 50.9 Å². The first-order valence-electron chi connectivity index (χ1n) is 16.8. The summed E-state index contributed by atoms with van der Waals surface area (Å²) in [6.07, 6.45) is -3.55. The molecule has 3 aromatic rings. The maximum absolute atomic E-state index is 13.6. The highest BCUT2D eigenvalue weighted by atomic mass is 79.9. The Morgan fingerprint density at radius 3 is 2.47 bits per heavy atom. The van der Waals surface area contributed by atoms with Gasteiger partial charge in [-0.25, -0.2) is 0 Å². The second-order valence-corrected chi connectivity index (χ2v) is 15.0. The number of nitrogens with one attached hydrogen (secondary N) is 3. The SMILES string of the molecule is CC(C)(C)c1cc(Br)cc(C(NC(=O)CCC(O)c2cc(O)cc(NC3=NCC(O)CN3)c2)C(CC(O)C2=Nc3ccccc3C2N)C(=O)O)c1. The number of aliphatic hydroxyl groups is 3. The molecule has 2 heterocycles. The van der Waals surface area contributed by atoms with Crippen LogP contribution in [0.3, 0.4) is 0 Å². The van der Waals surface area contributed by atoms with Crippen molar-refractivity contribution in [1.29, 1.82) is 0 Å². The van der Waals surface area contributed by atoms with E-state index in [2.05, 4.69) is 41.9 Å². The summed E-state index contributed by atoms with van der Waals surface area (Å²) >= 11 is 3.55. The molecular formula is C37H45BrN6O7. The first-order valence-corrected chi connectivity index (χ1v) is 17.6. The molecule has 2 aliphatic rings. The average molecular weight is 766 g/mol. The highest BCUT2D eigenvalue weighted by Crippen LogP contribution is 2.37. The number of β-amino-alcohol motifs (C(OH)–C–C–N with tert-alkyl or cyclic N) is 1. The Bertz CT molecular complexity index is 1830. The molecule has 51 heavy (non-hydrogen) atoms. The van der Waals surface area contributed by atoms with Crippen molar-refractivity contribution < 1.29 is 35.1 Å². The van der Waals surface area contributed by atoms with Gasteiger partial charge in [-0.15, -0.1) is 0 Å². The number of fused-ring (bicyclic) bond motifs is 1. The van der Waals surface area contributed by atoms with E-state index in [4.69, 9.17) is 5.73 Å². The van der Waals surface area contributed by atoms with E-state index in [1.807, 2.05) is 45.0 Å². The number of aromatic hydroxyl groups is 1. The lowest BCUT2D eigenvalue weighted by Crippen LogP contribution is -2.42. The number of guanidine groups is 1. The smallest absolute Gasteiger partial charge is 0.309 e. The van der Waals surface area contributed by atoms with Gasteiger partial charge in [0.1, 0.15) is 5.75 Å². The predicted octanol–water partition coefficient (Wildman–Crippen LogP) is 4.09. The lowest BCUT2D eigenvalue weighted by atomic mass is 9.82. The molecule has 0 aliphatic carbocycles. The van der Waals surface area contributed by atoms with Crippen LogP contribution < -0.4 is 21.7 Å². The molecule has 0 saturated carbocycles. The Balaban J connectivity index is 1.35. The number of nitrogens with zero attached hydrogens (tertiary/aromatic N) is 2. The van der Waals surface area contributed by atoms with Gasteiger partial charge in [0.2, 0.25) is 5.91 Å². The number of amides is 1. The maximum Gasteiger partial charge on any atom is 0.309 e. The summed E-state index contributed by atoms with van der Waals surface area (Å²) in [7, 11) is 0. The van der Waals surface area contributed by atoms with Crippen LogP contribution in [0.5, 0.6) is 5.75 Å². The summed E-state index contributed by atoms with van der Waals surface area (Å²) in [4.78, 5) is 35.2. The molecule has 0 saturated heterocycles. The number of phenols is 1. The number of carboxylic acids is 1. The number of anilines is 1. The number of carbonyl (C=O) groups excluding carboxylic acids is 1. The van der Waals surface area contributed by atoms with Gasteiger partial charge < -0.3 is 47.2 Å². The first-order chi connectivity index (χ1) is 24.1. The number of para-hydroxylation sites is 1. The third-order valence-corrected chi connectivity index (χ3v) is 9.50. The fourth-order valence-electron chi connectivity index (χ4n) is 6.22. The minimum Gasteiger partial charge on any atom is -0.508 e. The van der Waals surface area contributed by atoms with E-state index >= 15 is 0 Å². The molecule has 0 spiro atoms. The van der Waals surface area contributed by atoms with Gasteiger partial charge in [0.25, 0.3) is 0 Å². The molecule has 0 aromatic heterocycles. The van der Waals surface area contributed by atoms with Gasteiger partial charge in [0.15, 0.2) is 5.96 Å². The Labute approximate surface area is 304 Å². The van der Waals surface area contributed by atoms with Crippen LogP contribution in [-0.2, 0) is 15.0 Å². The fourth-order valence-corrected chi connectivity index (χ4v) is 6.73. The number of carboxylic acid groups (broad SMARTS) is 1. The lowest BCUT2D eigenvalue weighted by Gasteiger charge is -2.30. The highest BCUT2D eigenvalue weighted by molar-refractivity contribution is 9.10. The van der Waals surface area contributed by atoms with Crippen LogP contribution in [0.2, 0.25) is 0 Å². The number of aliphatic imine (C=N–C) groups is 2. The highest BCUT2D eigenvalue weighted by Gasteiger charge is 2.37. The number of aliphatic carboxylic acids is 1. The molecule has 3 aromatic carbocycles. The number of carbonyl (C=O) groups is 2. The molecule has 272 valence electrons. The molecule has 2 aliphatic heterocycles. The number of phenolic OH excluding ortho intramolecular Hbond substituents is 1. The number of nitrogens with two attached hydrogens (primary N) is 1. The topological polar surface area (TPSA) is 222 Å². The number of benzene rings is 3. The number of hydrogen-bond acceptors (Lipinski definition) is 11. The largest absolute Gasteiger partial charge is 0.508 e. The molecule has 5 rings (SSSR count). The number of halogens is 1. The van der Waals surface area contributed by atoms with Crippen LogP contribution in [0.25, 0.3) is 0 Å². The van der Waals surface area contributed by atoms with Crippen LogP contribution in [0.4, 0.5) is 11.4 Å². The summed E-state index contributed by atoms with van der Waals surface area (Å²) in [6, 6.07) is 15.4. The lowest BCUT2D eigenvalue weighted by molar-refractivity contribution is -0.144. The Morgan fingerprint density at radius 1 is 1.06 bits per heavy atom. The van der Waals surface area contributed by atoms with Gasteiger partial charge in [-0.3, -0.25) is 19.6 Å². The molecule has 0 bridgehead atoms. The Morgan fingerprint density at radius 2 is 1.80 bits per heavy atom. The van der Waals surface area contributed by atoms with E-state index in [1.165, 1.54) is 12.1 Å². The maximum atomic E-state index is 13.6. The zero-order valence-electron chi connectivity index (χ0n) is 28.7. The van der Waals surface area contributed by atoms with Crippen molar-refractivity contribution in [2.75, 3.05) is 18.4 Å². The fraction of sp³-hybridized carbons (Fsp3) is 0.405. The van der Waals surface area contributed by atoms with Crippen molar-refractivity contribution in [3.8, 4) is 5.75 Å². The molecule has 10 N–H and O–H groups in total. The molecule has 14 heteroatoms. The number of rotatable bonds is 12. The molecule has 6 atom stereocenters. The molecule has 13 nitrogen and oxygen atoms in total. The Kier molecular flexibility index (Phi) is 11.8. The second-order valence-electron chi connectivity index (χ2n) is 14.1. The third kappa shape index (κ3) is 9.51. The molecule has 6 unspecified atom stereocenters. The van der Waals surface area contributed by atoms with Crippen LogP contribution in [-0.4, -0.2) is 74.4 Å². The van der Waals surface area contributed by atoms with Gasteiger partial charge in [0, 0.05) is 34.8 Å². The average Bonchev–Trinajstić information content (AvgIpc) is 3.41. The third-order valence-electron chi connectivity index (χ3n) is 9.04. The van der Waals surface area contributed by atoms with Crippen molar-refractivity contribution in [2.45, 2.75) is 75.8 Å². The van der Waals surface area contributed by atoms with Gasteiger partial charge in [-0.05, 0) is 65.3 Å². The number of hydrogen-bond donors (Lipinski definition) is 9. The van der Waals surface area contributed by atoms with E-state index in [0.29, 0.717) is 39.5 Å². The standard InChI is InChI=1S/C37H45BrN6O7/c1-37(2,3)21-10-20(11-22(38)14-21)33(27(35(50)51)16-30(48)34-32(39)26-6-4-5-7-28(26)43-34)44-31(49)9-8-29(47)19-12-23(15-24(45)13-19)42-36-40-17-25(46)18-41-36/h4-7,10-15,25,27,29-30,32-33,45-48H,8-9,16-18,39H2,1-3H3,(H,44,49)(H,50,51)(H2,40,41,42). The van der Waals surface area contributed by atoms with Gasteiger partial charge in [-0.2, -0.15) is 0 Å². The van der Waals surface area contributed by atoms with Gasteiger partial charge >= 0.3 is 5.97 Å². The predicted molar refractivity (Wildman–Crippen MR) is 198 cm³/mol. The zero-order chi connectivity index (χ0) is 37.0. The number of aliphatic hydroxyl groups excluding tert-OH is 3. The monoisotopic (exact) mass is 764 g/mol. The minimum atomic E-state index is -1.31. The molecule has 1 amide bonds. The molecular weight excluding hydrogens is 720 g/mol. The second kappa shape index (κ2) is 15.9. The zero-order valence-corrected chi connectivity index (χ0v) is 30.3. The van der Waals surface area contributed by atoms with Gasteiger partial charge in [-0.1, -0.05) is 61.0 Å². The van der Waals surface area contributed by atoms with Gasteiger partial charge in [0.05, 0.1) is 54.3 Å². The van der Waals surface area contributed by atoms with Crippen LogP contribution in [0, 0.1) is 5.92 Å². The summed E-state index contributed by atoms with van der Waals surface area (Å²) < 4.78 is 0.695. The first kappa shape index (κ1) is 37.9. The van der Waals surface area contributed by atoms with Crippen LogP contribution >= 0.6 is 15.9 Å². The van der Waals surface area contributed by atoms with Crippen LogP contribution in [0.15, 0.2) is 75.1 Å². The molecule has 0 fully saturated rings. The van der Waals surface area contributed by atoms with E-state index in [-0.39, 0.29) is 42.7 Å². The van der Waals surface area contributed by atoms with E-state index in [0.717, 1.165) is 11.1 Å². The normalized spacial score (nSPS) is 19.5.